The fraction of sp³-hybridized carbons (Fsp3) is 0.714. The molecule has 104 valence electrons. The number of hydrogen-bond donors (Lipinski definition) is 0. The van der Waals surface area contributed by atoms with Crippen molar-refractivity contribution >= 4 is 0 Å². The van der Waals surface area contributed by atoms with E-state index >= 15 is 0 Å². The molecule has 0 N–H and O–H groups in total. The Balaban J connectivity index is 3.03. The molecule has 1 aliphatic rings. The molecule has 1 rings (SSSR count). The van der Waals surface area contributed by atoms with Gasteiger partial charge < -0.3 is 0 Å². The van der Waals surface area contributed by atoms with Crippen LogP contribution in [0.4, 0.5) is 0 Å². The molecule has 0 saturated heterocycles. The Kier molecular flexibility index (Phi) is 7.43. The Hall–Kier alpha value is 0.0743. The van der Waals surface area contributed by atoms with E-state index in [2.05, 4.69) is 19.1 Å². The second-order valence-electron chi connectivity index (χ2n) is 4.22. The average Bonchev–Trinajstić information content (AvgIpc) is 2.79. The van der Waals surface area contributed by atoms with E-state index in [0.29, 0.717) is 19.8 Å². The van der Waals surface area contributed by atoms with Gasteiger partial charge in [-0.05, 0) is 0 Å². The standard InChI is InChI=1S/C8H11.3C2H5O.Ti/c1-2-5-8-6-3-4-7-8;3*1-2-3;/h3,6H,2,4-5H2,1H3;3*2H2,1H3;/q;3*-1;+3. The van der Waals surface area contributed by atoms with Gasteiger partial charge in [-0.25, -0.2) is 0 Å². The molecule has 0 aromatic carbocycles. The maximum absolute atomic E-state index is 6.02. The molecule has 0 amide bonds. The molecule has 0 aromatic heterocycles. The van der Waals surface area contributed by atoms with Gasteiger partial charge in [0.2, 0.25) is 0 Å². The molecular formula is C14H26O3Ti. The Labute approximate surface area is 116 Å². The molecule has 0 saturated carbocycles. The zero-order chi connectivity index (χ0) is 13.4. The van der Waals surface area contributed by atoms with Crippen LogP contribution in [0.15, 0.2) is 21.6 Å². The predicted octanol–water partition coefficient (Wildman–Crippen LogP) is 4.01. The SMILES string of the molecule is CCCC1=[C]([Ti]([O]CC)([O]CC)[O]CC)CC=C1. The van der Waals surface area contributed by atoms with Gasteiger partial charge in [0.25, 0.3) is 0 Å². The first-order valence-corrected chi connectivity index (χ1v) is 9.74. The van der Waals surface area contributed by atoms with Crippen molar-refractivity contribution in [3.05, 3.63) is 21.6 Å². The van der Waals surface area contributed by atoms with Crippen molar-refractivity contribution in [2.75, 3.05) is 19.8 Å². The van der Waals surface area contributed by atoms with Crippen LogP contribution in [0, 0.1) is 0 Å². The summed E-state index contributed by atoms with van der Waals surface area (Å²) in [5, 5.41) is 0. The van der Waals surface area contributed by atoms with E-state index < -0.39 is 17.8 Å². The molecule has 1 aliphatic carbocycles. The molecule has 18 heavy (non-hydrogen) atoms. The zero-order valence-corrected chi connectivity index (χ0v) is 13.7. The predicted molar refractivity (Wildman–Crippen MR) is 70.6 cm³/mol. The van der Waals surface area contributed by atoms with Gasteiger partial charge in [0.1, 0.15) is 0 Å². The molecule has 3 nitrogen and oxygen atoms in total. The average molecular weight is 290 g/mol. The normalized spacial score (nSPS) is 15.8. The van der Waals surface area contributed by atoms with Crippen LogP contribution in [-0.2, 0) is 27.7 Å². The zero-order valence-electron chi connectivity index (χ0n) is 12.1. The Morgan fingerprint density at radius 1 is 1.00 bits per heavy atom. The van der Waals surface area contributed by atoms with Crippen LogP contribution < -0.4 is 0 Å². The molecule has 0 aromatic rings. The summed E-state index contributed by atoms with van der Waals surface area (Å²) in [4.78, 5) is 0. The molecule has 0 unspecified atom stereocenters. The van der Waals surface area contributed by atoms with E-state index in [9.17, 15) is 0 Å². The van der Waals surface area contributed by atoms with Crippen LogP contribution >= 0.6 is 0 Å². The quantitative estimate of drug-likeness (QED) is 0.600. The van der Waals surface area contributed by atoms with Gasteiger partial charge in [-0.3, -0.25) is 0 Å². The van der Waals surface area contributed by atoms with E-state index in [1.807, 2.05) is 20.8 Å². The number of rotatable bonds is 9. The van der Waals surface area contributed by atoms with Crippen molar-refractivity contribution in [2.45, 2.75) is 47.0 Å². The molecule has 0 heterocycles. The van der Waals surface area contributed by atoms with Crippen molar-refractivity contribution in [2.24, 2.45) is 0 Å². The van der Waals surface area contributed by atoms with Crippen LogP contribution in [0.3, 0.4) is 0 Å². The summed E-state index contributed by atoms with van der Waals surface area (Å²) in [6, 6.07) is 0. The van der Waals surface area contributed by atoms with E-state index in [0.717, 1.165) is 19.3 Å². The summed E-state index contributed by atoms with van der Waals surface area (Å²) in [6.07, 6.45) is 7.60. The van der Waals surface area contributed by atoms with Crippen molar-refractivity contribution in [1.82, 2.24) is 0 Å². The monoisotopic (exact) mass is 290 g/mol. The summed E-state index contributed by atoms with van der Waals surface area (Å²) in [5.74, 6) is 0. The molecule has 0 spiro atoms. The molecule has 0 bridgehead atoms. The first kappa shape index (κ1) is 16.1. The van der Waals surface area contributed by atoms with Crippen LogP contribution in [0.5, 0.6) is 0 Å². The van der Waals surface area contributed by atoms with Crippen LogP contribution in [-0.4, -0.2) is 19.8 Å². The van der Waals surface area contributed by atoms with E-state index in [4.69, 9.17) is 9.96 Å². The number of hydrogen-bond acceptors (Lipinski definition) is 3. The van der Waals surface area contributed by atoms with E-state index in [1.165, 1.54) is 9.45 Å². The van der Waals surface area contributed by atoms with Crippen molar-refractivity contribution in [1.29, 1.82) is 0 Å². The van der Waals surface area contributed by atoms with Gasteiger partial charge in [-0.1, -0.05) is 0 Å². The summed E-state index contributed by atoms with van der Waals surface area (Å²) in [5.41, 5.74) is 1.38. The van der Waals surface area contributed by atoms with Gasteiger partial charge in [-0.2, -0.15) is 0 Å². The topological polar surface area (TPSA) is 27.7 Å². The molecule has 0 aliphatic heterocycles. The Morgan fingerprint density at radius 3 is 2.00 bits per heavy atom. The number of allylic oxidation sites excluding steroid dienone is 4. The third-order valence-electron chi connectivity index (χ3n) is 2.92. The first-order valence-electron chi connectivity index (χ1n) is 7.04. The Morgan fingerprint density at radius 2 is 1.56 bits per heavy atom. The fourth-order valence-electron chi connectivity index (χ4n) is 2.33. The van der Waals surface area contributed by atoms with Crippen molar-refractivity contribution < 1.29 is 27.7 Å². The summed E-state index contributed by atoms with van der Waals surface area (Å²) >= 11 is -3.23. The van der Waals surface area contributed by atoms with Gasteiger partial charge in [-0.15, -0.1) is 0 Å². The molecule has 4 heteroatoms. The van der Waals surface area contributed by atoms with Crippen LogP contribution in [0.2, 0.25) is 0 Å². The van der Waals surface area contributed by atoms with E-state index in [1.54, 1.807) is 0 Å². The second-order valence-corrected chi connectivity index (χ2v) is 8.25. The van der Waals surface area contributed by atoms with Gasteiger partial charge in [0.15, 0.2) is 0 Å². The molecule has 0 atom stereocenters. The third-order valence-corrected chi connectivity index (χ3v) is 8.03. The second kappa shape index (κ2) is 8.29. The minimum absolute atomic E-state index is 0.656. The summed E-state index contributed by atoms with van der Waals surface area (Å²) < 4.78 is 19.4. The van der Waals surface area contributed by atoms with Gasteiger partial charge in [0.05, 0.1) is 0 Å². The summed E-state index contributed by atoms with van der Waals surface area (Å²) in [6.45, 7) is 10.2. The van der Waals surface area contributed by atoms with Gasteiger partial charge >= 0.3 is 116 Å². The van der Waals surface area contributed by atoms with Crippen molar-refractivity contribution in [3.63, 3.8) is 0 Å². The minimum atomic E-state index is -3.23. The molecular weight excluding hydrogens is 264 g/mol. The van der Waals surface area contributed by atoms with Gasteiger partial charge in [0, 0.05) is 0 Å². The summed E-state index contributed by atoms with van der Waals surface area (Å²) in [7, 11) is 0. The molecule has 0 radical (unpaired) electrons. The maximum atomic E-state index is 6.02. The fourth-order valence-corrected chi connectivity index (χ4v) is 6.83. The Bertz CT molecular complexity index is 293. The molecule has 0 fully saturated rings. The van der Waals surface area contributed by atoms with Crippen LogP contribution in [0.25, 0.3) is 0 Å². The first-order chi connectivity index (χ1) is 8.74. The van der Waals surface area contributed by atoms with E-state index in [-0.39, 0.29) is 0 Å². The van der Waals surface area contributed by atoms with Crippen molar-refractivity contribution in [3.8, 4) is 0 Å². The van der Waals surface area contributed by atoms with Crippen LogP contribution in [0.1, 0.15) is 47.0 Å². The third kappa shape index (κ3) is 3.78.